The zero-order valence-electron chi connectivity index (χ0n) is 16.1. The average Bonchev–Trinajstić information content (AvgIpc) is 3.16. The maximum atomic E-state index is 14.0. The van der Waals surface area contributed by atoms with Gasteiger partial charge in [0.25, 0.3) is 5.56 Å². The molecule has 0 spiro atoms. The molecule has 0 N–H and O–H groups in total. The van der Waals surface area contributed by atoms with Crippen LogP contribution in [0.25, 0.3) is 16.7 Å². The van der Waals surface area contributed by atoms with Gasteiger partial charge in [0.1, 0.15) is 18.7 Å². The molecule has 0 amide bonds. The minimum absolute atomic E-state index is 0.151. The Kier molecular flexibility index (Phi) is 3.56. The van der Waals surface area contributed by atoms with Crippen LogP contribution in [0.3, 0.4) is 0 Å². The van der Waals surface area contributed by atoms with Gasteiger partial charge in [-0.1, -0.05) is 29.4 Å². The maximum Gasteiger partial charge on any atom is 0.280 e. The summed E-state index contributed by atoms with van der Waals surface area (Å²) in [6, 6.07) is 6.86. The van der Waals surface area contributed by atoms with Gasteiger partial charge < -0.3 is 9.09 Å². The van der Waals surface area contributed by atoms with Crippen molar-refractivity contribution >= 4 is 16.7 Å². The summed E-state index contributed by atoms with van der Waals surface area (Å²) in [5.74, 6) is 1.69. The first-order valence-corrected chi connectivity index (χ1v) is 9.74. The quantitative estimate of drug-likeness (QED) is 0.519. The Morgan fingerprint density at radius 2 is 2.07 bits per heavy atom. The Morgan fingerprint density at radius 1 is 1.23 bits per heavy atom. The van der Waals surface area contributed by atoms with Crippen LogP contribution < -0.4 is 5.56 Å². The van der Waals surface area contributed by atoms with E-state index in [0.29, 0.717) is 40.3 Å². The molecule has 3 atom stereocenters. The van der Waals surface area contributed by atoms with Gasteiger partial charge in [0.2, 0.25) is 5.89 Å². The number of hydrogen-bond acceptors (Lipinski definition) is 6. The van der Waals surface area contributed by atoms with E-state index in [1.807, 2.05) is 12.1 Å². The molecule has 150 valence electrons. The molecule has 1 fully saturated rings. The summed E-state index contributed by atoms with van der Waals surface area (Å²) in [5.41, 5.74) is 2.35. The maximum absolute atomic E-state index is 14.0. The van der Waals surface area contributed by atoms with Crippen LogP contribution >= 0.6 is 0 Å². The van der Waals surface area contributed by atoms with Crippen LogP contribution in [-0.4, -0.2) is 29.2 Å². The third-order valence-corrected chi connectivity index (χ3v) is 6.09. The van der Waals surface area contributed by atoms with Crippen molar-refractivity contribution in [2.24, 2.45) is 18.9 Å². The number of benzene rings is 1. The molecule has 30 heavy (non-hydrogen) atoms. The average molecular weight is 404 g/mol. The van der Waals surface area contributed by atoms with Gasteiger partial charge in [-0.15, -0.1) is 0 Å². The largest absolute Gasteiger partial charge is 0.337 e. The lowest BCUT2D eigenvalue weighted by Gasteiger charge is -2.06. The summed E-state index contributed by atoms with van der Waals surface area (Å²) in [7, 11) is 1.75. The van der Waals surface area contributed by atoms with Crippen molar-refractivity contribution in [2.45, 2.75) is 18.9 Å². The zero-order chi connectivity index (χ0) is 20.4. The third kappa shape index (κ3) is 2.54. The molecule has 0 bridgehead atoms. The summed E-state index contributed by atoms with van der Waals surface area (Å²) in [6.07, 6.45) is 5.94. The number of allylic oxidation sites excluding steroid dienone is 2. The number of fused-ring (bicyclic) bond motifs is 2. The standard InChI is InChI=1S/C21H17FN6O2/c1-27-9-23-20-18(27)21(29)28(10-24-20)8-16-25-19(26-30-16)17-13-6-11(7-14(13)17)12-4-2-3-5-15(12)22/h2-6,9-10,13-14,17H,7-8H2,1H3/t13?,14-,17-/m1/s1. The van der Waals surface area contributed by atoms with Gasteiger partial charge >= 0.3 is 0 Å². The first kappa shape index (κ1) is 17.3. The first-order chi connectivity index (χ1) is 14.6. The Hall–Kier alpha value is -3.62. The van der Waals surface area contributed by atoms with Gasteiger partial charge in [0, 0.05) is 18.5 Å². The van der Waals surface area contributed by atoms with Crippen LogP contribution in [-0.2, 0) is 13.6 Å². The van der Waals surface area contributed by atoms with E-state index in [9.17, 15) is 9.18 Å². The molecule has 2 aliphatic rings. The van der Waals surface area contributed by atoms with Gasteiger partial charge in [-0.3, -0.25) is 9.36 Å². The Bertz CT molecular complexity index is 1380. The second-order valence-electron chi connectivity index (χ2n) is 7.89. The molecular formula is C21H17FN6O2. The summed E-state index contributed by atoms with van der Waals surface area (Å²) >= 11 is 0. The van der Waals surface area contributed by atoms with Crippen LogP contribution in [0.1, 0.15) is 29.6 Å². The van der Waals surface area contributed by atoms with Crippen molar-refractivity contribution in [3.8, 4) is 0 Å². The van der Waals surface area contributed by atoms with E-state index >= 15 is 0 Å². The van der Waals surface area contributed by atoms with Gasteiger partial charge in [0.05, 0.1) is 6.33 Å². The normalized spacial score (nSPS) is 22.3. The van der Waals surface area contributed by atoms with Crippen LogP contribution in [0, 0.1) is 17.7 Å². The molecule has 8 nitrogen and oxygen atoms in total. The van der Waals surface area contributed by atoms with Crippen LogP contribution in [0.15, 0.2) is 52.3 Å². The van der Waals surface area contributed by atoms with E-state index in [2.05, 4.69) is 26.2 Å². The predicted molar refractivity (Wildman–Crippen MR) is 105 cm³/mol. The number of halogens is 1. The van der Waals surface area contributed by atoms with Gasteiger partial charge in [0.15, 0.2) is 17.0 Å². The van der Waals surface area contributed by atoms with Crippen molar-refractivity contribution in [3.63, 3.8) is 0 Å². The van der Waals surface area contributed by atoms with E-state index < -0.39 is 0 Å². The molecule has 2 aliphatic carbocycles. The summed E-state index contributed by atoms with van der Waals surface area (Å²) < 4.78 is 22.5. The zero-order valence-corrected chi connectivity index (χ0v) is 16.1. The molecule has 3 heterocycles. The lowest BCUT2D eigenvalue weighted by Crippen LogP contribution is -2.22. The van der Waals surface area contributed by atoms with Gasteiger partial charge in [-0.25, -0.2) is 14.4 Å². The number of aryl methyl sites for hydroxylation is 1. The molecule has 1 unspecified atom stereocenters. The smallest absolute Gasteiger partial charge is 0.280 e. The van der Waals surface area contributed by atoms with Crippen molar-refractivity contribution in [1.29, 1.82) is 0 Å². The fraction of sp³-hybridized carbons (Fsp3) is 0.286. The highest BCUT2D eigenvalue weighted by Gasteiger charge is 2.55. The molecule has 0 radical (unpaired) electrons. The Labute approximate surface area is 169 Å². The number of rotatable bonds is 4. The number of aromatic nitrogens is 6. The van der Waals surface area contributed by atoms with Crippen LogP contribution in [0.2, 0.25) is 0 Å². The van der Waals surface area contributed by atoms with Crippen LogP contribution in [0.5, 0.6) is 0 Å². The molecule has 4 aromatic rings. The topological polar surface area (TPSA) is 91.6 Å². The highest BCUT2D eigenvalue weighted by molar-refractivity contribution is 5.71. The lowest BCUT2D eigenvalue weighted by atomic mass is 10.0. The third-order valence-electron chi connectivity index (χ3n) is 6.09. The highest BCUT2D eigenvalue weighted by atomic mass is 19.1. The molecular weight excluding hydrogens is 387 g/mol. The summed E-state index contributed by atoms with van der Waals surface area (Å²) in [4.78, 5) is 25.5. The van der Waals surface area contributed by atoms with E-state index in [1.54, 1.807) is 24.0 Å². The van der Waals surface area contributed by atoms with Crippen molar-refractivity contribution in [1.82, 2.24) is 29.2 Å². The fourth-order valence-corrected chi connectivity index (χ4v) is 4.53. The van der Waals surface area contributed by atoms with Crippen LogP contribution in [0.4, 0.5) is 4.39 Å². The molecule has 3 aromatic heterocycles. The Morgan fingerprint density at radius 3 is 2.87 bits per heavy atom. The monoisotopic (exact) mass is 404 g/mol. The predicted octanol–water partition coefficient (Wildman–Crippen LogP) is 2.52. The van der Waals surface area contributed by atoms with E-state index in [1.165, 1.54) is 17.0 Å². The molecule has 0 aliphatic heterocycles. The van der Waals surface area contributed by atoms with Gasteiger partial charge in [-0.2, -0.15) is 4.98 Å². The SMILES string of the molecule is Cn1cnc2ncn(Cc3nc([C@@H]4C5C=C(c6ccccc6F)C[C@H]54)no3)c(=O)c21. The van der Waals surface area contributed by atoms with Crippen molar-refractivity contribution < 1.29 is 8.91 Å². The first-order valence-electron chi connectivity index (χ1n) is 9.74. The number of imidazole rings is 1. The second kappa shape index (κ2) is 6.19. The van der Waals surface area contributed by atoms with E-state index in [-0.39, 0.29) is 23.8 Å². The number of hydrogen-bond donors (Lipinski definition) is 0. The summed E-state index contributed by atoms with van der Waals surface area (Å²) in [5, 5.41) is 4.13. The molecule has 1 saturated carbocycles. The Balaban J connectivity index is 1.22. The minimum atomic E-state index is -0.208. The van der Waals surface area contributed by atoms with Crippen molar-refractivity contribution in [2.75, 3.05) is 0 Å². The number of nitrogens with zero attached hydrogens (tertiary/aromatic N) is 6. The summed E-state index contributed by atoms with van der Waals surface area (Å²) in [6.45, 7) is 0.151. The fourth-order valence-electron chi connectivity index (χ4n) is 4.53. The molecule has 0 saturated heterocycles. The highest BCUT2D eigenvalue weighted by Crippen LogP contribution is 2.62. The van der Waals surface area contributed by atoms with Crippen molar-refractivity contribution in [3.05, 3.63) is 76.4 Å². The van der Waals surface area contributed by atoms with E-state index in [0.717, 1.165) is 12.0 Å². The van der Waals surface area contributed by atoms with Gasteiger partial charge in [-0.05, 0) is 29.9 Å². The lowest BCUT2D eigenvalue weighted by molar-refractivity contribution is 0.364. The van der Waals surface area contributed by atoms with E-state index in [4.69, 9.17) is 4.52 Å². The molecule has 1 aromatic carbocycles. The minimum Gasteiger partial charge on any atom is -0.337 e. The second-order valence-corrected chi connectivity index (χ2v) is 7.89. The molecule has 9 heteroatoms. The molecule has 6 rings (SSSR count).